The Morgan fingerprint density at radius 1 is 1.21 bits per heavy atom. The van der Waals surface area contributed by atoms with Gasteiger partial charge in [0, 0.05) is 23.5 Å². The van der Waals surface area contributed by atoms with Crippen molar-refractivity contribution >= 4 is 21.6 Å². The average molecular weight is 411 g/mol. The first-order chi connectivity index (χ1) is 14.1. The van der Waals surface area contributed by atoms with Crippen LogP contribution in [0, 0.1) is 0 Å². The Morgan fingerprint density at radius 3 is 2.62 bits per heavy atom. The number of aromatic nitrogens is 2. The van der Waals surface area contributed by atoms with E-state index in [1.54, 1.807) is 10.9 Å². The molecule has 152 valence electrons. The fraction of sp³-hybridized carbons (Fsp3) is 0.455. The molecule has 2 fully saturated rings. The van der Waals surface area contributed by atoms with Crippen LogP contribution < -0.4 is 15.6 Å². The summed E-state index contributed by atoms with van der Waals surface area (Å²) < 4.78 is 8.58. The van der Waals surface area contributed by atoms with Crippen molar-refractivity contribution in [3.63, 3.8) is 0 Å². The van der Waals surface area contributed by atoms with Gasteiger partial charge < -0.3 is 15.0 Å². The van der Waals surface area contributed by atoms with Gasteiger partial charge in [-0.3, -0.25) is 9.36 Å². The zero-order valence-electron chi connectivity index (χ0n) is 16.8. The molecular formula is C22H26N4O2S. The molecule has 2 aromatic heterocycles. The Bertz CT molecular complexity index is 1060. The first kappa shape index (κ1) is 18.8. The summed E-state index contributed by atoms with van der Waals surface area (Å²) in [6.07, 6.45) is 6.68. The van der Waals surface area contributed by atoms with Crippen LogP contribution in [-0.2, 0) is 6.54 Å². The predicted octanol–water partition coefficient (Wildman–Crippen LogP) is 3.17. The molecule has 0 saturated carbocycles. The molecule has 2 saturated heterocycles. The number of rotatable bonds is 5. The Hall–Kier alpha value is -2.22. The van der Waals surface area contributed by atoms with Crippen LogP contribution in [0.1, 0.15) is 30.6 Å². The summed E-state index contributed by atoms with van der Waals surface area (Å²) in [5, 5.41) is 3.12. The van der Waals surface area contributed by atoms with E-state index in [1.807, 2.05) is 37.4 Å². The minimum atomic E-state index is -0.0251. The molecule has 6 nitrogen and oxygen atoms in total. The van der Waals surface area contributed by atoms with Gasteiger partial charge in [0.1, 0.15) is 22.9 Å². The molecular weight excluding hydrogens is 384 g/mol. The van der Waals surface area contributed by atoms with Gasteiger partial charge in [-0.15, -0.1) is 11.3 Å². The Labute approximate surface area is 174 Å². The van der Waals surface area contributed by atoms with Gasteiger partial charge in [-0.1, -0.05) is 0 Å². The number of piperidine rings is 1. The van der Waals surface area contributed by atoms with E-state index in [1.165, 1.54) is 24.2 Å². The third-order valence-corrected chi connectivity index (χ3v) is 7.42. The van der Waals surface area contributed by atoms with Crippen LogP contribution in [0.4, 0.5) is 0 Å². The van der Waals surface area contributed by atoms with Crippen LogP contribution in [0.2, 0.25) is 0 Å². The molecule has 3 atom stereocenters. The molecule has 3 aromatic rings. The molecule has 1 unspecified atom stereocenters. The molecule has 1 N–H and O–H groups in total. The van der Waals surface area contributed by atoms with Crippen molar-refractivity contribution in [1.29, 1.82) is 0 Å². The smallest absolute Gasteiger partial charge is 0.275 e. The van der Waals surface area contributed by atoms with Crippen molar-refractivity contribution in [2.75, 3.05) is 14.1 Å². The molecule has 5 rings (SSSR count). The molecule has 7 heteroatoms. The standard InChI is InChI=1S/C22H26N4O2S/c1-23-12-19-11-20-21(29-19)22(27)26(13-24-20)14-5-7-17(8-6-14)28-18-9-15-3-4-16(10-18)25(15)2/h5-8,11,13,15-16,18,23H,3-4,9-10,12H2,1-2H3/t15-,16+,18?. The number of thiophene rings is 1. The van der Waals surface area contributed by atoms with E-state index < -0.39 is 0 Å². The third kappa shape index (κ3) is 3.47. The Balaban J connectivity index is 1.35. The van der Waals surface area contributed by atoms with Crippen molar-refractivity contribution in [1.82, 2.24) is 19.8 Å². The van der Waals surface area contributed by atoms with Gasteiger partial charge in [-0.25, -0.2) is 4.98 Å². The lowest BCUT2D eigenvalue weighted by Crippen LogP contribution is -2.43. The van der Waals surface area contributed by atoms with Crippen LogP contribution >= 0.6 is 11.3 Å². The molecule has 2 aliphatic heterocycles. The van der Waals surface area contributed by atoms with E-state index in [9.17, 15) is 4.79 Å². The quantitative estimate of drug-likeness (QED) is 0.700. The fourth-order valence-corrected chi connectivity index (χ4v) is 5.79. The molecule has 2 bridgehead atoms. The average Bonchev–Trinajstić information content (AvgIpc) is 3.20. The first-order valence-electron chi connectivity index (χ1n) is 10.3. The predicted molar refractivity (Wildman–Crippen MR) is 116 cm³/mol. The number of ether oxygens (including phenoxy) is 1. The summed E-state index contributed by atoms with van der Waals surface area (Å²) in [5.74, 6) is 0.872. The summed E-state index contributed by atoms with van der Waals surface area (Å²) in [5.41, 5.74) is 1.55. The highest BCUT2D eigenvalue weighted by molar-refractivity contribution is 7.18. The number of hydrogen-bond acceptors (Lipinski definition) is 6. The normalized spacial score (nSPS) is 24.3. The maximum Gasteiger partial charge on any atom is 0.275 e. The maximum absolute atomic E-state index is 12.9. The van der Waals surface area contributed by atoms with Gasteiger partial charge in [-0.2, -0.15) is 0 Å². The zero-order valence-corrected chi connectivity index (χ0v) is 17.6. The van der Waals surface area contributed by atoms with E-state index in [2.05, 4.69) is 22.2 Å². The second kappa shape index (κ2) is 7.55. The number of nitrogens with one attached hydrogen (secondary N) is 1. The van der Waals surface area contributed by atoms with Crippen LogP contribution in [0.15, 0.2) is 41.5 Å². The Kier molecular flexibility index (Phi) is 4.89. The molecule has 0 spiro atoms. The molecule has 2 aliphatic rings. The summed E-state index contributed by atoms with van der Waals surface area (Å²) >= 11 is 1.50. The lowest BCUT2D eigenvalue weighted by Gasteiger charge is -2.36. The Morgan fingerprint density at radius 2 is 1.93 bits per heavy atom. The van der Waals surface area contributed by atoms with Gasteiger partial charge in [0.2, 0.25) is 0 Å². The summed E-state index contributed by atoms with van der Waals surface area (Å²) in [6, 6.07) is 11.1. The zero-order chi connectivity index (χ0) is 20.0. The summed E-state index contributed by atoms with van der Waals surface area (Å²) in [6.45, 7) is 0.741. The van der Waals surface area contributed by atoms with Crippen LogP contribution in [0.25, 0.3) is 15.9 Å². The van der Waals surface area contributed by atoms with Crippen LogP contribution in [0.5, 0.6) is 5.75 Å². The molecule has 0 amide bonds. The topological polar surface area (TPSA) is 59.4 Å². The van der Waals surface area contributed by atoms with E-state index in [4.69, 9.17) is 4.74 Å². The SMILES string of the molecule is CNCc1cc2ncn(-c3ccc(OC4C[C@H]5CC[C@@H](C4)N5C)cc3)c(=O)c2s1. The third-order valence-electron chi connectivity index (χ3n) is 6.31. The van der Waals surface area contributed by atoms with E-state index in [0.717, 1.165) is 41.2 Å². The highest BCUT2D eigenvalue weighted by Gasteiger charge is 2.39. The second-order valence-electron chi connectivity index (χ2n) is 8.13. The highest BCUT2D eigenvalue weighted by atomic mass is 32.1. The van der Waals surface area contributed by atoms with Gasteiger partial charge in [0.25, 0.3) is 5.56 Å². The van der Waals surface area contributed by atoms with Crippen molar-refractivity contribution in [3.8, 4) is 11.4 Å². The summed E-state index contributed by atoms with van der Waals surface area (Å²) in [7, 11) is 4.14. The number of hydrogen-bond donors (Lipinski definition) is 1. The van der Waals surface area contributed by atoms with Gasteiger partial charge >= 0.3 is 0 Å². The van der Waals surface area contributed by atoms with Gasteiger partial charge in [0.05, 0.1) is 11.2 Å². The van der Waals surface area contributed by atoms with E-state index >= 15 is 0 Å². The lowest BCUT2D eigenvalue weighted by molar-refractivity contribution is 0.0662. The highest BCUT2D eigenvalue weighted by Crippen LogP contribution is 2.36. The van der Waals surface area contributed by atoms with E-state index in [0.29, 0.717) is 16.8 Å². The minimum Gasteiger partial charge on any atom is -0.490 e. The minimum absolute atomic E-state index is 0.0251. The van der Waals surface area contributed by atoms with E-state index in [-0.39, 0.29) is 11.7 Å². The molecule has 0 radical (unpaired) electrons. The second-order valence-corrected chi connectivity index (χ2v) is 9.27. The van der Waals surface area contributed by atoms with Crippen molar-refractivity contribution in [3.05, 3.63) is 51.9 Å². The van der Waals surface area contributed by atoms with Crippen LogP contribution in [0.3, 0.4) is 0 Å². The maximum atomic E-state index is 12.9. The molecule has 0 aliphatic carbocycles. The fourth-order valence-electron chi connectivity index (χ4n) is 4.74. The molecule has 4 heterocycles. The first-order valence-corrected chi connectivity index (χ1v) is 11.1. The van der Waals surface area contributed by atoms with Crippen molar-refractivity contribution < 1.29 is 4.74 Å². The largest absolute Gasteiger partial charge is 0.490 e. The van der Waals surface area contributed by atoms with Crippen LogP contribution in [-0.4, -0.2) is 46.7 Å². The number of fused-ring (bicyclic) bond motifs is 3. The van der Waals surface area contributed by atoms with Gasteiger partial charge in [-0.05, 0) is 70.1 Å². The monoisotopic (exact) mass is 410 g/mol. The number of nitrogens with zero attached hydrogens (tertiary/aromatic N) is 3. The number of benzene rings is 1. The van der Waals surface area contributed by atoms with Crippen molar-refractivity contribution in [2.45, 2.75) is 50.4 Å². The molecule has 29 heavy (non-hydrogen) atoms. The summed E-state index contributed by atoms with van der Waals surface area (Å²) in [4.78, 5) is 21.0. The van der Waals surface area contributed by atoms with Gasteiger partial charge in [0.15, 0.2) is 0 Å². The molecule has 1 aromatic carbocycles. The lowest BCUT2D eigenvalue weighted by atomic mass is 10.0. The van der Waals surface area contributed by atoms with Crippen molar-refractivity contribution in [2.24, 2.45) is 0 Å².